The smallest absolute Gasteiger partial charge is 0.328 e. The van der Waals surface area contributed by atoms with E-state index in [9.17, 15) is 4.79 Å². The third kappa shape index (κ3) is 4.17. The number of imidazole rings is 1. The Balaban J connectivity index is 1.31. The van der Waals surface area contributed by atoms with Gasteiger partial charge in [-0.1, -0.05) is 36.4 Å². The Kier molecular flexibility index (Phi) is 5.99. The molecule has 33 heavy (non-hydrogen) atoms. The fourth-order valence-electron chi connectivity index (χ4n) is 4.87. The quantitative estimate of drug-likeness (QED) is 0.412. The Morgan fingerprint density at radius 3 is 2.45 bits per heavy atom. The van der Waals surface area contributed by atoms with Crippen LogP contribution in [0.1, 0.15) is 25.7 Å². The maximum atomic E-state index is 12.5. The molecule has 1 N–H and O–H groups in total. The van der Waals surface area contributed by atoms with E-state index in [0.29, 0.717) is 6.61 Å². The molecule has 0 atom stereocenters. The van der Waals surface area contributed by atoms with E-state index in [1.807, 2.05) is 32.3 Å². The summed E-state index contributed by atoms with van der Waals surface area (Å²) in [7, 11) is 3.69. The molecule has 0 amide bonds. The molecule has 4 aromatic rings. The van der Waals surface area contributed by atoms with Crippen LogP contribution in [0.25, 0.3) is 21.8 Å². The normalized spacial score (nSPS) is 14.2. The topological polar surface area (TPSA) is 51.4 Å². The first-order chi connectivity index (χ1) is 16.1. The molecule has 0 aliphatic carbocycles. The van der Waals surface area contributed by atoms with Gasteiger partial charge in [-0.25, -0.2) is 4.79 Å². The van der Waals surface area contributed by atoms with E-state index in [1.54, 1.807) is 9.13 Å². The van der Waals surface area contributed by atoms with Crippen molar-refractivity contribution in [2.75, 3.05) is 36.5 Å². The molecule has 0 radical (unpaired) electrons. The molecule has 1 aliphatic rings. The molecule has 1 aliphatic heterocycles. The van der Waals surface area contributed by atoms with Gasteiger partial charge in [-0.2, -0.15) is 0 Å². The minimum Gasteiger partial charge on any atom is -0.493 e. The summed E-state index contributed by atoms with van der Waals surface area (Å²) in [5, 5.41) is 5.98. The molecule has 0 spiro atoms. The number of ether oxygens (including phenoxy) is 1. The van der Waals surface area contributed by atoms with Gasteiger partial charge in [0.15, 0.2) is 0 Å². The molecule has 5 rings (SSSR count). The minimum atomic E-state index is 0.00947. The summed E-state index contributed by atoms with van der Waals surface area (Å²) in [5.41, 5.74) is 4.23. The summed E-state index contributed by atoms with van der Waals surface area (Å²) < 4.78 is 9.58. The number of hydrogen-bond donors (Lipinski definition) is 1. The Hall–Kier alpha value is -3.41. The number of hydrogen-bond acceptors (Lipinski definition) is 4. The molecular formula is C27H32N4O2. The van der Waals surface area contributed by atoms with Crippen LogP contribution < -0.4 is 20.6 Å². The molecule has 0 bridgehead atoms. The number of benzene rings is 3. The van der Waals surface area contributed by atoms with Crippen LogP contribution in [-0.4, -0.2) is 35.4 Å². The van der Waals surface area contributed by atoms with Gasteiger partial charge < -0.3 is 15.0 Å². The van der Waals surface area contributed by atoms with Crippen LogP contribution in [0, 0.1) is 0 Å². The Morgan fingerprint density at radius 2 is 1.64 bits per heavy atom. The zero-order chi connectivity index (χ0) is 22.8. The second kappa shape index (κ2) is 9.22. The average molecular weight is 445 g/mol. The first-order valence-corrected chi connectivity index (χ1v) is 11.9. The fourth-order valence-corrected chi connectivity index (χ4v) is 4.87. The molecule has 0 unspecified atom stereocenters. The summed E-state index contributed by atoms with van der Waals surface area (Å²) in [6, 6.07) is 18.8. The second-order valence-electron chi connectivity index (χ2n) is 8.91. The van der Waals surface area contributed by atoms with Crippen LogP contribution in [0.2, 0.25) is 0 Å². The molecule has 3 aromatic carbocycles. The summed E-state index contributed by atoms with van der Waals surface area (Å²) >= 11 is 0. The van der Waals surface area contributed by atoms with Crippen LogP contribution in [0.3, 0.4) is 0 Å². The largest absolute Gasteiger partial charge is 0.493 e. The number of rotatable bonds is 7. The zero-order valence-corrected chi connectivity index (χ0v) is 19.5. The summed E-state index contributed by atoms with van der Waals surface area (Å²) in [6.07, 6.45) is 4.60. The fraction of sp³-hybridized carbons (Fsp3) is 0.370. The van der Waals surface area contributed by atoms with E-state index in [2.05, 4.69) is 46.6 Å². The van der Waals surface area contributed by atoms with Crippen LogP contribution in [0.5, 0.6) is 5.75 Å². The highest BCUT2D eigenvalue weighted by molar-refractivity contribution is 5.89. The number of nitrogens with one attached hydrogen (secondary N) is 1. The first-order valence-electron chi connectivity index (χ1n) is 11.9. The number of fused-ring (bicyclic) bond motifs is 2. The van der Waals surface area contributed by atoms with Crippen LogP contribution in [0.4, 0.5) is 11.4 Å². The molecule has 6 heteroatoms. The molecule has 1 aromatic heterocycles. The lowest BCUT2D eigenvalue weighted by atomic mass is 10.1. The van der Waals surface area contributed by atoms with Crippen LogP contribution in [0.15, 0.2) is 59.4 Å². The van der Waals surface area contributed by atoms with Gasteiger partial charge in [0.25, 0.3) is 0 Å². The third-order valence-corrected chi connectivity index (χ3v) is 6.73. The highest BCUT2D eigenvalue weighted by atomic mass is 16.5. The van der Waals surface area contributed by atoms with E-state index >= 15 is 0 Å². The molecule has 1 saturated heterocycles. The summed E-state index contributed by atoms with van der Waals surface area (Å²) in [6.45, 7) is 3.57. The number of anilines is 2. The van der Waals surface area contributed by atoms with Crippen molar-refractivity contribution in [2.45, 2.75) is 25.7 Å². The van der Waals surface area contributed by atoms with Crippen molar-refractivity contribution in [3.63, 3.8) is 0 Å². The molecular weight excluding hydrogens is 412 g/mol. The van der Waals surface area contributed by atoms with Gasteiger partial charge in [0.2, 0.25) is 0 Å². The van der Waals surface area contributed by atoms with E-state index in [4.69, 9.17) is 4.74 Å². The predicted octanol–water partition coefficient (Wildman–Crippen LogP) is 4.90. The molecule has 1 fully saturated rings. The monoisotopic (exact) mass is 444 g/mol. The molecule has 2 heterocycles. The lowest BCUT2D eigenvalue weighted by Gasteiger charge is -2.31. The van der Waals surface area contributed by atoms with Gasteiger partial charge >= 0.3 is 5.69 Å². The predicted molar refractivity (Wildman–Crippen MR) is 137 cm³/mol. The lowest BCUT2D eigenvalue weighted by molar-refractivity contribution is 0.318. The van der Waals surface area contributed by atoms with Gasteiger partial charge in [0.05, 0.1) is 29.0 Å². The number of piperidine rings is 1. The van der Waals surface area contributed by atoms with Crippen molar-refractivity contribution in [3.8, 4) is 5.75 Å². The van der Waals surface area contributed by atoms with Crippen molar-refractivity contribution in [1.29, 1.82) is 0 Å². The Bertz CT molecular complexity index is 1330. The number of aryl methyl sites for hydroxylation is 2. The highest BCUT2D eigenvalue weighted by Crippen LogP contribution is 2.33. The number of aromatic nitrogens is 2. The van der Waals surface area contributed by atoms with Crippen molar-refractivity contribution in [2.24, 2.45) is 14.1 Å². The average Bonchev–Trinajstić information content (AvgIpc) is 3.07. The van der Waals surface area contributed by atoms with E-state index in [1.165, 1.54) is 30.3 Å². The van der Waals surface area contributed by atoms with Crippen molar-refractivity contribution in [3.05, 3.63) is 65.1 Å². The van der Waals surface area contributed by atoms with E-state index in [-0.39, 0.29) is 5.69 Å². The first kappa shape index (κ1) is 21.4. The Morgan fingerprint density at radius 1 is 0.909 bits per heavy atom. The van der Waals surface area contributed by atoms with Crippen molar-refractivity contribution in [1.82, 2.24) is 9.13 Å². The maximum Gasteiger partial charge on any atom is 0.328 e. The molecule has 6 nitrogen and oxygen atoms in total. The SMILES string of the molecule is Cn1c(=O)n(C)c2cc(N3CCCCC3)c(NCCCOc3cccc4ccccc34)cc21. The minimum absolute atomic E-state index is 0.00947. The highest BCUT2D eigenvalue weighted by Gasteiger charge is 2.18. The third-order valence-electron chi connectivity index (χ3n) is 6.73. The zero-order valence-electron chi connectivity index (χ0n) is 19.5. The molecule has 0 saturated carbocycles. The second-order valence-corrected chi connectivity index (χ2v) is 8.91. The van der Waals surface area contributed by atoms with Crippen molar-refractivity contribution < 1.29 is 4.74 Å². The van der Waals surface area contributed by atoms with Crippen LogP contribution >= 0.6 is 0 Å². The van der Waals surface area contributed by atoms with E-state index in [0.717, 1.165) is 53.9 Å². The summed E-state index contributed by atoms with van der Waals surface area (Å²) in [5.74, 6) is 0.933. The van der Waals surface area contributed by atoms with Gasteiger partial charge in [0.1, 0.15) is 5.75 Å². The maximum absolute atomic E-state index is 12.5. The van der Waals surface area contributed by atoms with Gasteiger partial charge in [-0.05, 0) is 49.3 Å². The van der Waals surface area contributed by atoms with Crippen molar-refractivity contribution >= 4 is 33.2 Å². The van der Waals surface area contributed by atoms with E-state index < -0.39 is 0 Å². The lowest BCUT2D eigenvalue weighted by Crippen LogP contribution is -2.30. The Labute approximate surface area is 194 Å². The number of nitrogens with zero attached hydrogens (tertiary/aromatic N) is 3. The van der Waals surface area contributed by atoms with Gasteiger partial charge in [-0.15, -0.1) is 0 Å². The molecule has 172 valence electrons. The van der Waals surface area contributed by atoms with Gasteiger partial charge in [0, 0.05) is 39.1 Å². The summed E-state index contributed by atoms with van der Waals surface area (Å²) in [4.78, 5) is 14.9. The van der Waals surface area contributed by atoms with Crippen LogP contribution in [-0.2, 0) is 14.1 Å². The standard InChI is InChI=1S/C27H32N4O2/c1-29-24-18-22(23(31-15-6-3-7-16-31)19-25(24)30(2)27(29)32)28-14-9-17-33-26-13-8-11-20-10-4-5-12-21(20)26/h4-5,8,10-13,18-19,28H,3,6-7,9,14-17H2,1-2H3. The van der Waals surface area contributed by atoms with Gasteiger partial charge in [-0.3, -0.25) is 9.13 Å².